The molecule has 1 aliphatic rings. The van der Waals surface area contributed by atoms with E-state index < -0.39 is 0 Å². The number of aromatic nitrogens is 3. The average molecular weight is 369 g/mol. The van der Waals surface area contributed by atoms with E-state index in [1.807, 2.05) is 36.6 Å². The van der Waals surface area contributed by atoms with Gasteiger partial charge in [-0.3, -0.25) is 10.1 Å². The molecule has 0 bridgehead atoms. The van der Waals surface area contributed by atoms with E-state index in [2.05, 4.69) is 25.6 Å². The summed E-state index contributed by atoms with van der Waals surface area (Å²) in [6.07, 6.45) is 1.54. The third-order valence-electron chi connectivity index (χ3n) is 4.49. The Kier molecular flexibility index (Phi) is 4.66. The van der Waals surface area contributed by atoms with Crippen molar-refractivity contribution in [2.45, 2.75) is 19.8 Å². The molecule has 7 nitrogen and oxygen atoms in total. The van der Waals surface area contributed by atoms with Crippen molar-refractivity contribution in [3.63, 3.8) is 0 Å². The molecule has 1 fully saturated rings. The summed E-state index contributed by atoms with van der Waals surface area (Å²) in [6, 6.07) is 9.76. The van der Waals surface area contributed by atoms with Crippen LogP contribution in [0.25, 0.3) is 10.6 Å². The van der Waals surface area contributed by atoms with Crippen LogP contribution in [0, 0.1) is 12.8 Å². The number of aryl methyl sites for hydroxylation is 1. The number of piperidine rings is 1. The summed E-state index contributed by atoms with van der Waals surface area (Å²) in [5, 5.41) is 17.3. The van der Waals surface area contributed by atoms with Gasteiger partial charge in [0.25, 0.3) is 0 Å². The predicted octanol–water partition coefficient (Wildman–Crippen LogP) is 3.36. The Balaban J connectivity index is 1.33. The second-order valence-electron chi connectivity index (χ2n) is 6.34. The second-order valence-corrected chi connectivity index (χ2v) is 7.28. The van der Waals surface area contributed by atoms with Crippen LogP contribution in [0.15, 0.2) is 40.2 Å². The average Bonchev–Trinajstić information content (AvgIpc) is 3.34. The zero-order valence-corrected chi connectivity index (χ0v) is 15.2. The number of hydrogen-bond acceptors (Lipinski definition) is 7. The summed E-state index contributed by atoms with van der Waals surface area (Å²) in [4.78, 5) is 15.6. The molecular weight excluding hydrogens is 350 g/mol. The Morgan fingerprint density at radius 2 is 2.12 bits per heavy atom. The molecule has 3 aromatic heterocycles. The van der Waals surface area contributed by atoms with Crippen molar-refractivity contribution in [2.75, 3.05) is 23.3 Å². The van der Waals surface area contributed by atoms with Crippen LogP contribution < -0.4 is 10.2 Å². The van der Waals surface area contributed by atoms with Crippen LogP contribution in [0.1, 0.15) is 18.5 Å². The van der Waals surface area contributed by atoms with Crippen LogP contribution in [-0.4, -0.2) is 34.4 Å². The number of carbonyl (C=O) groups excluding carboxylic acids is 1. The topological polar surface area (TPSA) is 84.2 Å². The minimum absolute atomic E-state index is 0.0140. The van der Waals surface area contributed by atoms with Gasteiger partial charge < -0.3 is 9.42 Å². The van der Waals surface area contributed by atoms with Gasteiger partial charge in [-0.1, -0.05) is 11.2 Å². The van der Waals surface area contributed by atoms with Gasteiger partial charge in [0, 0.05) is 25.1 Å². The van der Waals surface area contributed by atoms with E-state index in [-0.39, 0.29) is 11.8 Å². The standard InChI is InChI=1S/C18H19N5O2S/c1-12-11-17(25-22-12)19-18(24)13-6-8-23(9-7-13)16-5-4-14(20-21-16)15-3-2-10-26-15/h2-5,10-11,13H,6-9H2,1H3,(H,19,24). The van der Waals surface area contributed by atoms with Crippen LogP contribution >= 0.6 is 11.3 Å². The third-order valence-corrected chi connectivity index (χ3v) is 5.38. The van der Waals surface area contributed by atoms with Crippen molar-refractivity contribution in [3.05, 3.63) is 41.4 Å². The minimum Gasteiger partial charge on any atom is -0.355 e. The second kappa shape index (κ2) is 7.25. The molecule has 0 atom stereocenters. The molecule has 0 spiro atoms. The largest absolute Gasteiger partial charge is 0.355 e. The fraction of sp³-hybridized carbons (Fsp3) is 0.333. The zero-order chi connectivity index (χ0) is 17.9. The smallest absolute Gasteiger partial charge is 0.231 e. The van der Waals surface area contributed by atoms with Crippen LogP contribution in [0.3, 0.4) is 0 Å². The van der Waals surface area contributed by atoms with Crippen molar-refractivity contribution in [3.8, 4) is 10.6 Å². The van der Waals surface area contributed by atoms with Crippen LogP contribution in [-0.2, 0) is 4.79 Å². The summed E-state index contributed by atoms with van der Waals surface area (Å²) < 4.78 is 5.05. The van der Waals surface area contributed by atoms with E-state index in [1.165, 1.54) is 0 Å². The highest BCUT2D eigenvalue weighted by Gasteiger charge is 2.26. The molecule has 0 aromatic carbocycles. The minimum atomic E-state index is -0.0324. The predicted molar refractivity (Wildman–Crippen MR) is 100 cm³/mol. The molecule has 8 heteroatoms. The van der Waals surface area contributed by atoms with Gasteiger partial charge in [-0.2, -0.15) is 0 Å². The van der Waals surface area contributed by atoms with E-state index in [4.69, 9.17) is 4.52 Å². The van der Waals surface area contributed by atoms with Gasteiger partial charge in [0.15, 0.2) is 5.82 Å². The van der Waals surface area contributed by atoms with Crippen LogP contribution in [0.2, 0.25) is 0 Å². The van der Waals surface area contributed by atoms with Gasteiger partial charge in [-0.25, -0.2) is 0 Å². The molecule has 1 aliphatic heterocycles. The maximum absolute atomic E-state index is 12.4. The number of nitrogens with one attached hydrogen (secondary N) is 1. The molecule has 0 unspecified atom stereocenters. The Hall–Kier alpha value is -2.74. The van der Waals surface area contributed by atoms with Crippen molar-refractivity contribution >= 4 is 28.9 Å². The molecule has 0 saturated carbocycles. The zero-order valence-electron chi connectivity index (χ0n) is 14.4. The van der Waals surface area contributed by atoms with E-state index in [1.54, 1.807) is 17.4 Å². The summed E-state index contributed by atoms with van der Waals surface area (Å²) in [5.41, 5.74) is 1.64. The number of hydrogen-bond donors (Lipinski definition) is 1. The monoisotopic (exact) mass is 369 g/mol. The van der Waals surface area contributed by atoms with E-state index in [0.29, 0.717) is 5.88 Å². The fourth-order valence-electron chi connectivity index (χ4n) is 3.07. The highest BCUT2D eigenvalue weighted by atomic mass is 32.1. The van der Waals surface area contributed by atoms with E-state index in [0.717, 1.165) is 48.0 Å². The lowest BCUT2D eigenvalue weighted by molar-refractivity contribution is -0.120. The lowest BCUT2D eigenvalue weighted by Gasteiger charge is -2.31. The Bertz CT molecular complexity index is 867. The van der Waals surface area contributed by atoms with Crippen molar-refractivity contribution in [2.24, 2.45) is 5.92 Å². The third kappa shape index (κ3) is 3.60. The molecular formula is C18H19N5O2S. The molecule has 4 rings (SSSR count). The molecule has 1 saturated heterocycles. The lowest BCUT2D eigenvalue weighted by atomic mass is 9.96. The molecule has 134 valence electrons. The SMILES string of the molecule is Cc1cc(NC(=O)C2CCN(c3ccc(-c4cccs4)nn3)CC2)on1. The Morgan fingerprint density at radius 1 is 1.27 bits per heavy atom. The summed E-state index contributed by atoms with van der Waals surface area (Å²) in [6.45, 7) is 3.38. The summed E-state index contributed by atoms with van der Waals surface area (Å²) in [7, 11) is 0. The fourth-order valence-corrected chi connectivity index (χ4v) is 3.76. The van der Waals surface area contributed by atoms with Crippen molar-refractivity contribution in [1.82, 2.24) is 15.4 Å². The summed E-state index contributed by atoms with van der Waals surface area (Å²) in [5.74, 6) is 1.22. The maximum atomic E-state index is 12.4. The highest BCUT2D eigenvalue weighted by molar-refractivity contribution is 7.13. The molecule has 4 heterocycles. The van der Waals surface area contributed by atoms with E-state index in [9.17, 15) is 4.79 Å². The number of nitrogens with zero attached hydrogens (tertiary/aromatic N) is 4. The molecule has 0 radical (unpaired) electrons. The first kappa shape index (κ1) is 16.7. The number of thiophene rings is 1. The first-order chi connectivity index (χ1) is 12.7. The van der Waals surface area contributed by atoms with Crippen LogP contribution in [0.4, 0.5) is 11.7 Å². The highest BCUT2D eigenvalue weighted by Crippen LogP contribution is 2.26. The van der Waals surface area contributed by atoms with Crippen molar-refractivity contribution < 1.29 is 9.32 Å². The normalized spacial score (nSPS) is 15.2. The summed E-state index contributed by atoms with van der Waals surface area (Å²) >= 11 is 1.65. The molecule has 1 amide bonds. The van der Waals surface area contributed by atoms with E-state index >= 15 is 0 Å². The van der Waals surface area contributed by atoms with Gasteiger partial charge in [-0.15, -0.1) is 21.5 Å². The van der Waals surface area contributed by atoms with Crippen molar-refractivity contribution in [1.29, 1.82) is 0 Å². The lowest BCUT2D eigenvalue weighted by Crippen LogP contribution is -2.38. The number of amides is 1. The Labute approximate surface area is 155 Å². The first-order valence-electron chi connectivity index (χ1n) is 8.56. The van der Waals surface area contributed by atoms with Gasteiger partial charge in [-0.05, 0) is 43.3 Å². The first-order valence-corrected chi connectivity index (χ1v) is 9.44. The molecule has 1 N–H and O–H groups in total. The maximum Gasteiger partial charge on any atom is 0.231 e. The van der Waals surface area contributed by atoms with Gasteiger partial charge in [0.05, 0.1) is 10.6 Å². The van der Waals surface area contributed by atoms with Gasteiger partial charge in [0.1, 0.15) is 5.69 Å². The number of rotatable bonds is 4. The van der Waals surface area contributed by atoms with Crippen LogP contribution in [0.5, 0.6) is 0 Å². The molecule has 3 aromatic rings. The molecule has 26 heavy (non-hydrogen) atoms. The Morgan fingerprint density at radius 3 is 2.73 bits per heavy atom. The number of carbonyl (C=O) groups is 1. The quantitative estimate of drug-likeness (QED) is 0.759. The van der Waals surface area contributed by atoms with Gasteiger partial charge in [0.2, 0.25) is 11.8 Å². The van der Waals surface area contributed by atoms with Gasteiger partial charge >= 0.3 is 0 Å². The molecule has 0 aliphatic carbocycles. The number of anilines is 2.